The maximum atomic E-state index is 12.7. The molecular weight excluding hydrogens is 558 g/mol. The number of aromatic nitrogens is 1. The van der Waals surface area contributed by atoms with E-state index in [4.69, 9.17) is 4.74 Å². The van der Waals surface area contributed by atoms with Crippen LogP contribution in [0.4, 0.5) is 0 Å². The molecule has 0 spiro atoms. The van der Waals surface area contributed by atoms with Crippen molar-refractivity contribution in [2.45, 2.75) is 90.8 Å². The van der Waals surface area contributed by atoms with Gasteiger partial charge in [0.2, 0.25) is 11.8 Å². The molecule has 1 aromatic heterocycles. The Morgan fingerprint density at radius 1 is 1.11 bits per heavy atom. The summed E-state index contributed by atoms with van der Waals surface area (Å²) < 4.78 is 4.72. The van der Waals surface area contributed by atoms with Gasteiger partial charge in [-0.3, -0.25) is 29.2 Å². The molecule has 0 aliphatic carbocycles. The number of amides is 3. The van der Waals surface area contributed by atoms with Crippen LogP contribution < -0.4 is 16.1 Å². The Kier molecular flexibility index (Phi) is 15.3. The zero-order valence-electron chi connectivity index (χ0n) is 26.9. The molecule has 3 N–H and O–H groups in total. The molecular formula is C34H49N5O5. The predicted octanol–water partition coefficient (Wildman–Crippen LogP) is 4.49. The third-order valence-electron chi connectivity index (χ3n) is 7.42. The number of methoxy groups -OCH3 is 1. The zero-order valence-corrected chi connectivity index (χ0v) is 26.9. The van der Waals surface area contributed by atoms with Crippen LogP contribution in [0.15, 0.2) is 49.7 Å². The van der Waals surface area contributed by atoms with E-state index in [2.05, 4.69) is 65.4 Å². The second kappa shape index (κ2) is 18.6. The Bertz CT molecular complexity index is 1290. The SMILES string of the molecule is C=CCCCCC(=O)NC(C(=O)NC(C)C(=O)N1CCCC(C(=O)OC)N1)C(C)C.C=Cc1cc2cc(CC)ccc2cn1. The molecule has 1 fully saturated rings. The van der Waals surface area contributed by atoms with Gasteiger partial charge in [-0.05, 0) is 74.5 Å². The number of hydrazine groups is 1. The maximum absolute atomic E-state index is 12.7. The van der Waals surface area contributed by atoms with Gasteiger partial charge in [-0.25, -0.2) is 5.43 Å². The normalized spacial score (nSPS) is 15.8. The van der Waals surface area contributed by atoms with Crippen molar-refractivity contribution in [1.82, 2.24) is 26.1 Å². The van der Waals surface area contributed by atoms with Crippen molar-refractivity contribution >= 4 is 40.5 Å². The van der Waals surface area contributed by atoms with Gasteiger partial charge in [0.05, 0.1) is 12.8 Å². The van der Waals surface area contributed by atoms with Gasteiger partial charge < -0.3 is 15.4 Å². The van der Waals surface area contributed by atoms with E-state index in [0.29, 0.717) is 25.8 Å². The number of nitrogens with zero attached hydrogens (tertiary/aromatic N) is 2. The van der Waals surface area contributed by atoms with Crippen molar-refractivity contribution in [2.24, 2.45) is 5.92 Å². The van der Waals surface area contributed by atoms with Crippen molar-refractivity contribution in [3.63, 3.8) is 0 Å². The molecule has 44 heavy (non-hydrogen) atoms. The molecule has 0 bridgehead atoms. The van der Waals surface area contributed by atoms with E-state index >= 15 is 0 Å². The van der Waals surface area contributed by atoms with Gasteiger partial charge >= 0.3 is 5.97 Å². The molecule has 1 saturated heterocycles. The number of esters is 1. The molecule has 3 unspecified atom stereocenters. The molecule has 2 heterocycles. The van der Waals surface area contributed by atoms with E-state index in [1.165, 1.54) is 28.5 Å². The summed E-state index contributed by atoms with van der Waals surface area (Å²) in [6.07, 6.45) is 10.6. The van der Waals surface area contributed by atoms with E-state index < -0.39 is 30.0 Å². The fourth-order valence-corrected chi connectivity index (χ4v) is 4.75. The summed E-state index contributed by atoms with van der Waals surface area (Å²) in [7, 11) is 1.30. The fraction of sp³-hybridized carbons (Fsp3) is 0.500. The van der Waals surface area contributed by atoms with Crippen LogP contribution in [-0.4, -0.2) is 65.5 Å². The highest BCUT2D eigenvalue weighted by atomic mass is 16.5. The van der Waals surface area contributed by atoms with Crippen LogP contribution in [0.1, 0.15) is 77.5 Å². The number of benzene rings is 1. The Balaban J connectivity index is 0.000000396. The van der Waals surface area contributed by atoms with Crippen molar-refractivity contribution in [2.75, 3.05) is 13.7 Å². The molecule has 1 aromatic carbocycles. The summed E-state index contributed by atoms with van der Waals surface area (Å²) in [5.74, 6) is -1.52. The quantitative estimate of drug-likeness (QED) is 0.174. The van der Waals surface area contributed by atoms with E-state index in [1.807, 2.05) is 26.1 Å². The Morgan fingerprint density at radius 2 is 1.86 bits per heavy atom. The van der Waals surface area contributed by atoms with Crippen molar-refractivity contribution in [3.05, 3.63) is 61.0 Å². The van der Waals surface area contributed by atoms with Gasteiger partial charge in [-0.15, -0.1) is 6.58 Å². The van der Waals surface area contributed by atoms with Crippen molar-refractivity contribution in [1.29, 1.82) is 0 Å². The van der Waals surface area contributed by atoms with Crippen LogP contribution in [0, 0.1) is 5.92 Å². The Morgan fingerprint density at radius 3 is 2.50 bits per heavy atom. The van der Waals surface area contributed by atoms with E-state index in [9.17, 15) is 19.2 Å². The second-order valence-corrected chi connectivity index (χ2v) is 11.2. The number of carbonyl (C=O) groups is 4. The molecule has 3 rings (SSSR count). The molecule has 10 nitrogen and oxygen atoms in total. The third kappa shape index (κ3) is 11.2. The standard InChI is InChI=1S/C21H36N4O5.C13H13N/c1-6-7-8-9-12-17(26)23-18(14(2)3)19(27)22-15(4)20(28)25-13-10-11-16(24-25)21(29)30-5;1-3-10-5-6-11-9-14-13(4-2)8-12(11)7-10/h6,14-16,18,24H,1,7-13H2,2-5H3,(H,22,27)(H,23,26);4-9H,2-3H2,1H3. The summed E-state index contributed by atoms with van der Waals surface area (Å²) >= 11 is 0. The van der Waals surface area contributed by atoms with Gasteiger partial charge in [0.15, 0.2) is 0 Å². The van der Waals surface area contributed by atoms with E-state index in [-0.39, 0.29) is 17.7 Å². The van der Waals surface area contributed by atoms with E-state index in [1.54, 1.807) is 13.0 Å². The number of hydrogen-bond acceptors (Lipinski definition) is 7. The number of ether oxygens (including phenoxy) is 1. The monoisotopic (exact) mass is 607 g/mol. The van der Waals surface area contributed by atoms with Crippen LogP contribution in [0.3, 0.4) is 0 Å². The van der Waals surface area contributed by atoms with Crippen LogP contribution in [0.5, 0.6) is 0 Å². The summed E-state index contributed by atoms with van der Waals surface area (Å²) in [4.78, 5) is 53.6. The lowest BCUT2D eigenvalue weighted by molar-refractivity contribution is -0.150. The summed E-state index contributed by atoms with van der Waals surface area (Å²) in [5, 5.41) is 9.23. The fourth-order valence-electron chi connectivity index (χ4n) is 4.75. The van der Waals surface area contributed by atoms with Crippen LogP contribution in [0.2, 0.25) is 0 Å². The minimum atomic E-state index is -0.813. The van der Waals surface area contributed by atoms with Gasteiger partial charge in [0.25, 0.3) is 5.91 Å². The average molecular weight is 608 g/mol. The molecule has 3 atom stereocenters. The Labute approximate surface area is 261 Å². The number of nitrogens with one attached hydrogen (secondary N) is 3. The minimum Gasteiger partial charge on any atom is -0.468 e. The largest absolute Gasteiger partial charge is 0.468 e. The first-order valence-corrected chi connectivity index (χ1v) is 15.4. The molecule has 1 aliphatic rings. The van der Waals surface area contributed by atoms with Crippen LogP contribution >= 0.6 is 0 Å². The van der Waals surface area contributed by atoms with Gasteiger partial charge in [0, 0.05) is 24.5 Å². The molecule has 2 aromatic rings. The van der Waals surface area contributed by atoms with Gasteiger partial charge in [-0.2, -0.15) is 0 Å². The molecule has 0 saturated carbocycles. The Hall–Kier alpha value is -4.05. The molecule has 0 radical (unpaired) electrons. The highest BCUT2D eigenvalue weighted by molar-refractivity contribution is 5.92. The number of pyridine rings is 1. The number of hydrogen-bond donors (Lipinski definition) is 3. The molecule has 10 heteroatoms. The lowest BCUT2D eigenvalue weighted by Gasteiger charge is -2.34. The highest BCUT2D eigenvalue weighted by Gasteiger charge is 2.32. The zero-order chi connectivity index (χ0) is 32.6. The number of fused-ring (bicyclic) bond motifs is 1. The molecule has 1 aliphatic heterocycles. The summed E-state index contributed by atoms with van der Waals surface area (Å²) in [6, 6.07) is 6.42. The summed E-state index contributed by atoms with van der Waals surface area (Å²) in [6.45, 7) is 15.2. The first-order chi connectivity index (χ1) is 21.0. The maximum Gasteiger partial charge on any atom is 0.324 e. The first kappa shape index (κ1) is 36.1. The number of allylic oxidation sites excluding steroid dienone is 1. The number of aryl methyl sites for hydroxylation is 1. The predicted molar refractivity (Wildman–Crippen MR) is 174 cm³/mol. The second-order valence-electron chi connectivity index (χ2n) is 11.2. The topological polar surface area (TPSA) is 130 Å². The van der Waals surface area contributed by atoms with Crippen molar-refractivity contribution < 1.29 is 23.9 Å². The third-order valence-corrected chi connectivity index (χ3v) is 7.42. The lowest BCUT2D eigenvalue weighted by Crippen LogP contribution is -2.60. The minimum absolute atomic E-state index is 0.138. The highest BCUT2D eigenvalue weighted by Crippen LogP contribution is 2.17. The smallest absolute Gasteiger partial charge is 0.324 e. The lowest BCUT2D eigenvalue weighted by atomic mass is 10.0. The van der Waals surface area contributed by atoms with E-state index in [0.717, 1.165) is 31.4 Å². The number of unbranched alkanes of at least 4 members (excludes halogenated alkanes) is 2. The summed E-state index contributed by atoms with van der Waals surface area (Å²) in [5.41, 5.74) is 5.15. The van der Waals surface area contributed by atoms with Crippen LogP contribution in [-0.2, 0) is 30.3 Å². The van der Waals surface area contributed by atoms with Gasteiger partial charge in [0.1, 0.15) is 18.1 Å². The number of carbonyl (C=O) groups excluding carboxylic acids is 4. The molecule has 3 amide bonds. The number of rotatable bonds is 13. The average Bonchev–Trinajstić information content (AvgIpc) is 3.04. The molecule has 240 valence electrons. The van der Waals surface area contributed by atoms with Gasteiger partial charge in [-0.1, -0.05) is 51.6 Å². The van der Waals surface area contributed by atoms with Crippen molar-refractivity contribution in [3.8, 4) is 0 Å². The first-order valence-electron chi connectivity index (χ1n) is 15.4. The van der Waals surface area contributed by atoms with Crippen LogP contribution in [0.25, 0.3) is 16.8 Å².